The molecule has 7 nitrogen and oxygen atoms in total. The number of hydrogen-bond acceptors (Lipinski definition) is 5. The van der Waals surface area contributed by atoms with E-state index in [-0.39, 0.29) is 30.2 Å². The number of carbonyl (C=O) groups excluding carboxylic acids is 1. The lowest BCUT2D eigenvalue weighted by Crippen LogP contribution is -2.29. The highest BCUT2D eigenvalue weighted by Gasteiger charge is 2.16. The second kappa shape index (κ2) is 8.00. The number of anilines is 2. The Bertz CT molecular complexity index is 810. The number of nitrogens with one attached hydrogen (secondary N) is 2. The Hall–Kier alpha value is -2.29. The van der Waals surface area contributed by atoms with Crippen LogP contribution in [0.4, 0.5) is 11.5 Å². The van der Waals surface area contributed by atoms with Crippen LogP contribution in [0.1, 0.15) is 10.4 Å². The van der Waals surface area contributed by atoms with Crippen LogP contribution in [-0.4, -0.2) is 36.6 Å². The Morgan fingerprint density at radius 2 is 2.12 bits per heavy atom. The number of benzene rings is 1. The maximum atomic E-state index is 12.2. The highest BCUT2D eigenvalue weighted by Crippen LogP contribution is 2.25. The van der Waals surface area contributed by atoms with Gasteiger partial charge in [-0.3, -0.25) is 19.0 Å². The zero-order chi connectivity index (χ0) is 17.7. The molecule has 9 heteroatoms. The molecule has 24 heavy (non-hydrogen) atoms. The number of hydroxylamine groups is 1. The average molecular weight is 348 g/mol. The predicted octanol–water partition coefficient (Wildman–Crippen LogP) is 0.230. The number of carbonyl (C=O) groups is 1. The van der Waals surface area contributed by atoms with E-state index in [9.17, 15) is 9.59 Å². The third-order valence-electron chi connectivity index (χ3n) is 3.16. The second-order valence-corrected chi connectivity index (χ2v) is 5.27. The van der Waals surface area contributed by atoms with Crippen LogP contribution >= 0.6 is 11.6 Å². The first-order chi connectivity index (χ1) is 11.4. The maximum absolute atomic E-state index is 12.2. The Morgan fingerprint density at radius 1 is 1.38 bits per heavy atom. The average Bonchev–Trinajstić information content (AvgIpc) is 2.54. The van der Waals surface area contributed by atoms with E-state index in [1.165, 1.54) is 23.7 Å². The molecule has 0 saturated carbocycles. The lowest BCUT2D eigenvalue weighted by atomic mass is 9.96. The summed E-state index contributed by atoms with van der Waals surface area (Å²) in [7, 11) is 7.17. The van der Waals surface area contributed by atoms with Crippen molar-refractivity contribution < 1.29 is 14.7 Å². The molecule has 3 N–H and O–H groups in total. The van der Waals surface area contributed by atoms with E-state index >= 15 is 0 Å². The first-order valence-electron chi connectivity index (χ1n) is 6.99. The van der Waals surface area contributed by atoms with Gasteiger partial charge < -0.3 is 10.4 Å². The normalized spacial score (nSPS) is 10.5. The minimum Gasteiger partial charge on any atom is -0.394 e. The summed E-state index contributed by atoms with van der Waals surface area (Å²) in [5, 5.41) is 12.0. The van der Waals surface area contributed by atoms with Gasteiger partial charge in [0.05, 0.1) is 29.5 Å². The van der Waals surface area contributed by atoms with Gasteiger partial charge in [-0.1, -0.05) is 23.1 Å². The molecule has 1 heterocycles. The first-order valence-corrected chi connectivity index (χ1v) is 7.37. The van der Waals surface area contributed by atoms with Crippen LogP contribution in [0, 0.1) is 0 Å². The van der Waals surface area contributed by atoms with Gasteiger partial charge in [0.25, 0.3) is 11.5 Å². The summed E-state index contributed by atoms with van der Waals surface area (Å²) in [5.74, 6) is -0.340. The molecule has 2 radical (unpaired) electrons. The summed E-state index contributed by atoms with van der Waals surface area (Å²) in [5.41, 5.74) is 3.02. The molecular weight excluding hydrogens is 332 g/mol. The SMILES string of the molecule is [B]c1ccc(Nc2c(C(=O)NOCCO)ccc(=O)n2C)c(Cl)c1. The number of rotatable bonds is 6. The molecule has 0 aliphatic carbocycles. The van der Waals surface area contributed by atoms with Crippen molar-refractivity contribution in [2.24, 2.45) is 7.05 Å². The molecule has 0 fully saturated rings. The molecule has 2 rings (SSSR count). The van der Waals surface area contributed by atoms with Crippen molar-refractivity contribution >= 4 is 42.3 Å². The van der Waals surface area contributed by atoms with Crippen LogP contribution < -0.4 is 21.8 Å². The minimum absolute atomic E-state index is 0.0515. The molecule has 0 aliphatic rings. The fraction of sp³-hybridized carbons (Fsp3) is 0.200. The molecule has 2 aromatic rings. The van der Waals surface area contributed by atoms with Gasteiger partial charge in [-0.2, -0.15) is 0 Å². The van der Waals surface area contributed by atoms with E-state index in [1.807, 2.05) is 0 Å². The molecule has 0 bridgehead atoms. The highest BCUT2D eigenvalue weighted by molar-refractivity contribution is 6.37. The van der Waals surface area contributed by atoms with Crippen molar-refractivity contribution in [3.8, 4) is 0 Å². The molecular formula is C15H15BClN3O4. The van der Waals surface area contributed by atoms with Crippen molar-refractivity contribution in [3.63, 3.8) is 0 Å². The first kappa shape index (κ1) is 18.1. The van der Waals surface area contributed by atoms with Crippen molar-refractivity contribution in [1.82, 2.24) is 10.0 Å². The highest BCUT2D eigenvalue weighted by atomic mass is 35.5. The molecule has 1 amide bonds. The quantitative estimate of drug-likeness (QED) is 0.395. The Morgan fingerprint density at radius 3 is 2.79 bits per heavy atom. The van der Waals surface area contributed by atoms with Gasteiger partial charge in [-0.05, 0) is 18.2 Å². The molecule has 1 aromatic carbocycles. The molecule has 0 aliphatic heterocycles. The van der Waals surface area contributed by atoms with Gasteiger partial charge in [0.15, 0.2) is 0 Å². The third kappa shape index (κ3) is 4.17. The van der Waals surface area contributed by atoms with E-state index in [2.05, 4.69) is 10.8 Å². The van der Waals surface area contributed by atoms with Crippen LogP contribution in [0.15, 0.2) is 35.1 Å². The Labute approximate surface area is 144 Å². The molecule has 0 atom stereocenters. The van der Waals surface area contributed by atoms with Crippen LogP contribution in [0.5, 0.6) is 0 Å². The van der Waals surface area contributed by atoms with E-state index in [4.69, 9.17) is 29.4 Å². The monoisotopic (exact) mass is 347 g/mol. The third-order valence-corrected chi connectivity index (χ3v) is 3.48. The summed E-state index contributed by atoms with van der Waals surface area (Å²) >= 11 is 6.12. The number of aliphatic hydroxyl groups excluding tert-OH is 1. The summed E-state index contributed by atoms with van der Waals surface area (Å²) < 4.78 is 1.27. The van der Waals surface area contributed by atoms with E-state index < -0.39 is 5.91 Å². The smallest absolute Gasteiger partial charge is 0.278 e. The molecule has 124 valence electrons. The zero-order valence-electron chi connectivity index (χ0n) is 12.9. The van der Waals surface area contributed by atoms with Gasteiger partial charge >= 0.3 is 0 Å². The number of halogens is 1. The van der Waals surface area contributed by atoms with E-state index in [1.54, 1.807) is 18.2 Å². The Balaban J connectivity index is 2.38. The molecule has 1 aromatic heterocycles. The van der Waals surface area contributed by atoms with Crippen LogP contribution in [-0.2, 0) is 11.9 Å². The number of pyridine rings is 1. The Kier molecular flexibility index (Phi) is 6.02. The van der Waals surface area contributed by atoms with Crippen LogP contribution in [0.2, 0.25) is 5.02 Å². The van der Waals surface area contributed by atoms with Crippen molar-refractivity contribution in [3.05, 3.63) is 51.3 Å². The lowest BCUT2D eigenvalue weighted by molar-refractivity contribution is 0.0168. The molecule has 0 spiro atoms. The summed E-state index contributed by atoms with van der Waals surface area (Å²) in [4.78, 5) is 28.9. The minimum atomic E-state index is -0.576. The summed E-state index contributed by atoms with van der Waals surface area (Å²) in [6.07, 6.45) is 0. The topological polar surface area (TPSA) is 92.6 Å². The van der Waals surface area contributed by atoms with Gasteiger partial charge in [0.2, 0.25) is 0 Å². The fourth-order valence-electron chi connectivity index (χ4n) is 1.95. The standard InChI is InChI=1S/C15H15BClN3O4/c1-20-13(22)5-3-10(15(23)19-24-7-6-21)14(20)18-12-4-2-9(16)8-11(12)17/h2-5,8,18,21H,6-7H2,1H3,(H,19,23). The van der Waals surface area contributed by atoms with Crippen LogP contribution in [0.25, 0.3) is 0 Å². The fourth-order valence-corrected chi connectivity index (χ4v) is 2.18. The number of hydrogen-bond donors (Lipinski definition) is 3. The summed E-state index contributed by atoms with van der Waals surface area (Å²) in [6, 6.07) is 7.46. The van der Waals surface area contributed by atoms with Gasteiger partial charge in [-0.25, -0.2) is 5.48 Å². The van der Waals surface area contributed by atoms with Crippen LogP contribution in [0.3, 0.4) is 0 Å². The van der Waals surface area contributed by atoms with Crippen molar-refractivity contribution in [2.45, 2.75) is 0 Å². The van der Waals surface area contributed by atoms with E-state index in [0.717, 1.165) is 0 Å². The lowest BCUT2D eigenvalue weighted by Gasteiger charge is -2.16. The number of aromatic nitrogens is 1. The predicted molar refractivity (Wildman–Crippen MR) is 92.3 cm³/mol. The van der Waals surface area contributed by atoms with Gasteiger partial charge in [-0.15, -0.1) is 0 Å². The zero-order valence-corrected chi connectivity index (χ0v) is 13.6. The molecule has 0 saturated heterocycles. The number of amides is 1. The van der Waals surface area contributed by atoms with Crippen molar-refractivity contribution in [2.75, 3.05) is 18.5 Å². The van der Waals surface area contributed by atoms with Crippen molar-refractivity contribution in [1.29, 1.82) is 0 Å². The summed E-state index contributed by atoms with van der Waals surface area (Å²) in [6.45, 7) is -0.288. The van der Waals surface area contributed by atoms with Gasteiger partial charge in [0, 0.05) is 13.1 Å². The number of nitrogens with zero attached hydrogens (tertiary/aromatic N) is 1. The molecule has 0 unspecified atom stereocenters. The second-order valence-electron chi connectivity index (χ2n) is 4.86. The maximum Gasteiger partial charge on any atom is 0.278 e. The largest absolute Gasteiger partial charge is 0.394 e. The van der Waals surface area contributed by atoms with Gasteiger partial charge in [0.1, 0.15) is 13.7 Å². The number of aliphatic hydroxyl groups is 1. The van der Waals surface area contributed by atoms with E-state index in [0.29, 0.717) is 16.2 Å².